The van der Waals surface area contributed by atoms with Gasteiger partial charge in [0.25, 0.3) is 0 Å². The van der Waals surface area contributed by atoms with Crippen LogP contribution in [-0.4, -0.2) is 25.2 Å². The van der Waals surface area contributed by atoms with Crippen molar-refractivity contribution < 1.29 is 9.59 Å². The van der Waals surface area contributed by atoms with Crippen molar-refractivity contribution >= 4 is 12.2 Å². The summed E-state index contributed by atoms with van der Waals surface area (Å²) in [5.41, 5.74) is 0. The molecule has 0 aromatic carbocycles. The van der Waals surface area contributed by atoms with Crippen LogP contribution < -0.4 is 0 Å². The Morgan fingerprint density at radius 1 is 1.07 bits per heavy atom. The van der Waals surface area contributed by atoms with Gasteiger partial charge in [-0.15, -0.1) is 0 Å². The van der Waals surface area contributed by atoms with E-state index in [9.17, 15) is 9.59 Å². The lowest BCUT2D eigenvalue weighted by Crippen LogP contribution is -2.11. The predicted molar refractivity (Wildman–Crippen MR) is 53.5 cm³/mol. The minimum absolute atomic E-state index is 0.372. The monoisotopic (exact) mass is 196 g/mol. The van der Waals surface area contributed by atoms with Crippen LogP contribution in [-0.2, 0) is 9.59 Å². The average Bonchev–Trinajstić information content (AvgIpc) is 2.20. The third-order valence-corrected chi connectivity index (χ3v) is 2.41. The quantitative estimate of drug-likeness (QED) is 0.353. The Morgan fingerprint density at radius 2 is 1.71 bits per heavy atom. The van der Waals surface area contributed by atoms with Gasteiger partial charge in [0.2, 0.25) is 12.2 Å². The van der Waals surface area contributed by atoms with Crippen LogP contribution in [0.4, 0.5) is 0 Å². The lowest BCUT2D eigenvalue weighted by molar-refractivity contribution is 0.366. The maximum Gasteiger partial charge on any atom is 0.234 e. The summed E-state index contributed by atoms with van der Waals surface area (Å²) in [6, 6.07) is 0. The van der Waals surface area contributed by atoms with Gasteiger partial charge in [0.1, 0.15) is 0 Å². The first-order chi connectivity index (χ1) is 6.72. The number of rotatable bonds is 7. The van der Waals surface area contributed by atoms with Crippen LogP contribution in [0.2, 0.25) is 0 Å². The van der Waals surface area contributed by atoms with E-state index in [-0.39, 0.29) is 0 Å². The molecule has 0 aliphatic heterocycles. The highest BCUT2D eigenvalue weighted by atomic mass is 16.1. The molecule has 0 bridgehead atoms. The van der Waals surface area contributed by atoms with E-state index >= 15 is 0 Å². The molecule has 0 aromatic rings. The van der Waals surface area contributed by atoms with E-state index in [0.717, 1.165) is 12.8 Å². The fourth-order valence-corrected chi connectivity index (χ4v) is 1.18. The van der Waals surface area contributed by atoms with E-state index < -0.39 is 0 Å². The highest BCUT2D eigenvalue weighted by Crippen LogP contribution is 2.16. The number of aliphatic imine (C=N–C) groups is 2. The van der Waals surface area contributed by atoms with Crippen molar-refractivity contribution in [3.63, 3.8) is 0 Å². The Labute approximate surface area is 84.1 Å². The smallest absolute Gasteiger partial charge is 0.211 e. The molecule has 0 heterocycles. The standard InChI is InChI=1S/C10H16N2O2/c1-9(4-3-5-11-7-13)10(2)6-12-8-14/h9-10H,3-6H2,1-2H3. The number of isocyanates is 2. The van der Waals surface area contributed by atoms with Crippen LogP contribution in [0.1, 0.15) is 26.7 Å². The van der Waals surface area contributed by atoms with Gasteiger partial charge in [0.15, 0.2) is 0 Å². The Kier molecular flexibility index (Phi) is 7.62. The van der Waals surface area contributed by atoms with Crippen LogP contribution in [0.3, 0.4) is 0 Å². The second kappa shape index (κ2) is 8.36. The summed E-state index contributed by atoms with van der Waals surface area (Å²) >= 11 is 0. The molecule has 4 heteroatoms. The summed E-state index contributed by atoms with van der Waals surface area (Å²) < 4.78 is 0. The van der Waals surface area contributed by atoms with Gasteiger partial charge < -0.3 is 0 Å². The van der Waals surface area contributed by atoms with Crippen molar-refractivity contribution in [2.75, 3.05) is 13.1 Å². The highest BCUT2D eigenvalue weighted by molar-refractivity contribution is 5.33. The second-order valence-corrected chi connectivity index (χ2v) is 3.50. The van der Waals surface area contributed by atoms with E-state index in [4.69, 9.17) is 0 Å². The lowest BCUT2D eigenvalue weighted by atomic mass is 9.92. The number of hydrogen-bond acceptors (Lipinski definition) is 4. The topological polar surface area (TPSA) is 58.9 Å². The number of nitrogens with zero attached hydrogens (tertiary/aromatic N) is 2. The minimum atomic E-state index is 0.372. The largest absolute Gasteiger partial charge is 0.234 e. The fourth-order valence-electron chi connectivity index (χ4n) is 1.18. The Hall–Kier alpha value is -1.24. The molecule has 0 rings (SSSR count). The fraction of sp³-hybridized carbons (Fsp3) is 0.800. The SMILES string of the molecule is CC(CCCN=C=O)C(C)CN=C=O. The molecule has 0 fully saturated rings. The minimum Gasteiger partial charge on any atom is -0.211 e. The molecule has 0 N–H and O–H groups in total. The molecule has 0 aliphatic carbocycles. The van der Waals surface area contributed by atoms with Gasteiger partial charge in [-0.3, -0.25) is 0 Å². The van der Waals surface area contributed by atoms with Gasteiger partial charge in [0.05, 0.1) is 13.1 Å². The van der Waals surface area contributed by atoms with Gasteiger partial charge in [0, 0.05) is 0 Å². The first-order valence-corrected chi connectivity index (χ1v) is 4.79. The summed E-state index contributed by atoms with van der Waals surface area (Å²) in [4.78, 5) is 26.7. The van der Waals surface area contributed by atoms with Crippen molar-refractivity contribution in [3.05, 3.63) is 0 Å². The summed E-state index contributed by atoms with van der Waals surface area (Å²) in [5, 5.41) is 0. The van der Waals surface area contributed by atoms with Gasteiger partial charge in [-0.25, -0.2) is 19.6 Å². The van der Waals surface area contributed by atoms with E-state index in [1.165, 1.54) is 12.2 Å². The first-order valence-electron chi connectivity index (χ1n) is 4.79. The molecular formula is C10H16N2O2. The molecule has 0 aromatic heterocycles. The molecule has 0 aliphatic rings. The second-order valence-electron chi connectivity index (χ2n) is 3.50. The number of carbonyl (C=O) groups excluding carboxylic acids is 2. The maximum atomic E-state index is 9.88. The highest BCUT2D eigenvalue weighted by Gasteiger charge is 2.10. The zero-order valence-corrected chi connectivity index (χ0v) is 8.69. The van der Waals surface area contributed by atoms with E-state index in [1.54, 1.807) is 0 Å². The molecule has 2 unspecified atom stereocenters. The molecule has 0 radical (unpaired) electrons. The number of hydrogen-bond donors (Lipinski definition) is 0. The van der Waals surface area contributed by atoms with E-state index in [1.807, 2.05) is 0 Å². The van der Waals surface area contributed by atoms with Gasteiger partial charge in [-0.1, -0.05) is 13.8 Å². The van der Waals surface area contributed by atoms with Gasteiger partial charge in [-0.05, 0) is 24.7 Å². The maximum absolute atomic E-state index is 9.88. The lowest BCUT2D eigenvalue weighted by Gasteiger charge is -2.16. The average molecular weight is 196 g/mol. The predicted octanol–water partition coefficient (Wildman–Crippen LogP) is 1.71. The van der Waals surface area contributed by atoms with Crippen LogP contribution in [0.5, 0.6) is 0 Å². The van der Waals surface area contributed by atoms with Gasteiger partial charge >= 0.3 is 0 Å². The third kappa shape index (κ3) is 6.30. The van der Waals surface area contributed by atoms with Crippen molar-refractivity contribution in [1.29, 1.82) is 0 Å². The Bertz CT molecular complexity index is 241. The zero-order chi connectivity index (χ0) is 10.8. The summed E-state index contributed by atoms with van der Waals surface area (Å²) in [6.07, 6.45) is 4.91. The van der Waals surface area contributed by atoms with Crippen LogP contribution >= 0.6 is 0 Å². The molecule has 0 saturated heterocycles. The molecule has 78 valence electrons. The molecule has 0 saturated carbocycles. The molecule has 0 spiro atoms. The molecule has 4 nitrogen and oxygen atoms in total. The molecule has 0 amide bonds. The van der Waals surface area contributed by atoms with E-state index in [0.29, 0.717) is 24.9 Å². The zero-order valence-electron chi connectivity index (χ0n) is 8.69. The summed E-state index contributed by atoms with van der Waals surface area (Å²) in [6.45, 7) is 5.23. The van der Waals surface area contributed by atoms with Crippen LogP contribution in [0.25, 0.3) is 0 Å². The van der Waals surface area contributed by atoms with Crippen LogP contribution in [0, 0.1) is 11.8 Å². The van der Waals surface area contributed by atoms with Crippen molar-refractivity contribution in [3.8, 4) is 0 Å². The summed E-state index contributed by atoms with van der Waals surface area (Å²) in [5.74, 6) is 0.852. The first kappa shape index (κ1) is 12.8. The Balaban J connectivity index is 3.65. The summed E-state index contributed by atoms with van der Waals surface area (Å²) in [7, 11) is 0. The van der Waals surface area contributed by atoms with Crippen molar-refractivity contribution in [1.82, 2.24) is 0 Å². The molecular weight excluding hydrogens is 180 g/mol. The van der Waals surface area contributed by atoms with Gasteiger partial charge in [-0.2, -0.15) is 0 Å². The normalized spacial score (nSPS) is 13.6. The molecule has 14 heavy (non-hydrogen) atoms. The Morgan fingerprint density at radius 3 is 2.29 bits per heavy atom. The molecule has 2 atom stereocenters. The third-order valence-electron chi connectivity index (χ3n) is 2.41. The van der Waals surface area contributed by atoms with Crippen molar-refractivity contribution in [2.24, 2.45) is 21.8 Å². The van der Waals surface area contributed by atoms with Crippen LogP contribution in [0.15, 0.2) is 9.98 Å². The van der Waals surface area contributed by atoms with Crippen molar-refractivity contribution in [2.45, 2.75) is 26.7 Å². The van der Waals surface area contributed by atoms with E-state index in [2.05, 4.69) is 23.8 Å².